The molecule has 1 fully saturated rings. The Morgan fingerprint density at radius 1 is 1.12 bits per heavy atom. The second kappa shape index (κ2) is 10.3. The van der Waals surface area contributed by atoms with Gasteiger partial charge in [0.1, 0.15) is 5.60 Å². The van der Waals surface area contributed by atoms with Gasteiger partial charge >= 0.3 is 6.09 Å². The molecule has 210 valence electrons. The molecule has 11 nitrogen and oxygen atoms in total. The second-order valence-corrected chi connectivity index (χ2v) is 11.3. The van der Waals surface area contributed by atoms with Crippen molar-refractivity contribution < 1.29 is 19.0 Å². The second-order valence-electron chi connectivity index (χ2n) is 11.3. The van der Waals surface area contributed by atoms with Gasteiger partial charge in [0.25, 0.3) is 0 Å². The average molecular weight is 546 g/mol. The summed E-state index contributed by atoms with van der Waals surface area (Å²) in [7, 11) is 0. The van der Waals surface area contributed by atoms with E-state index in [1.165, 1.54) is 4.68 Å². The first kappa shape index (κ1) is 26.4. The molecule has 40 heavy (non-hydrogen) atoms. The van der Waals surface area contributed by atoms with Crippen LogP contribution in [0, 0.1) is 13.8 Å². The summed E-state index contributed by atoms with van der Waals surface area (Å²) in [6.45, 7) is 11.2. The molecule has 4 aromatic rings. The number of hydrogen-bond donors (Lipinski definition) is 0. The zero-order chi connectivity index (χ0) is 28.0. The normalized spacial score (nSPS) is 18.2. The maximum absolute atomic E-state index is 13.0. The van der Waals surface area contributed by atoms with Crippen LogP contribution in [0.25, 0.3) is 33.7 Å². The minimum absolute atomic E-state index is 0.119. The maximum Gasteiger partial charge on any atom is 0.435 e. The van der Waals surface area contributed by atoms with Crippen LogP contribution < -0.4 is 0 Å². The summed E-state index contributed by atoms with van der Waals surface area (Å²) in [6, 6.07) is 4.01. The molecule has 0 amide bonds. The van der Waals surface area contributed by atoms with Crippen LogP contribution in [0.5, 0.6) is 0 Å². The van der Waals surface area contributed by atoms with E-state index < -0.39 is 11.7 Å². The minimum atomic E-state index is -0.641. The number of ether oxygens (including phenoxy) is 3. The van der Waals surface area contributed by atoms with Gasteiger partial charge in [0.05, 0.1) is 53.4 Å². The van der Waals surface area contributed by atoms with Crippen molar-refractivity contribution >= 4 is 17.3 Å². The molecule has 1 unspecified atom stereocenters. The Kier molecular flexibility index (Phi) is 6.79. The van der Waals surface area contributed by atoms with Gasteiger partial charge in [-0.1, -0.05) is 6.08 Å². The van der Waals surface area contributed by atoms with Crippen LogP contribution in [0.1, 0.15) is 69.8 Å². The molecule has 4 aromatic heterocycles. The van der Waals surface area contributed by atoms with Crippen LogP contribution >= 0.6 is 0 Å². The Morgan fingerprint density at radius 2 is 1.98 bits per heavy atom. The Bertz CT molecular complexity index is 1600. The standard InChI is InChI=1S/C29H35N7O4/c1-18-26(19(2)34(33-18)28(37)40-29(3,4)5)24-16-22(20-10-14-38-15-11-20)32-27-21(17-31-36(24)27)23-9-12-30-35(23)25-8-6-7-13-39-25/h9-10,12,16-17,25H,6-8,11,13-15H2,1-5H3. The highest BCUT2D eigenvalue weighted by atomic mass is 16.6. The smallest absolute Gasteiger partial charge is 0.435 e. The zero-order valence-corrected chi connectivity index (χ0v) is 23.7. The fourth-order valence-electron chi connectivity index (χ4n) is 5.42. The number of fused-ring (bicyclic) bond motifs is 1. The summed E-state index contributed by atoms with van der Waals surface area (Å²) in [4.78, 5) is 18.1. The Labute approximate surface area is 232 Å². The Balaban J connectivity index is 1.53. The van der Waals surface area contributed by atoms with Crippen molar-refractivity contribution in [2.24, 2.45) is 0 Å². The molecule has 0 bridgehead atoms. The van der Waals surface area contributed by atoms with Crippen LogP contribution in [0.3, 0.4) is 0 Å². The van der Waals surface area contributed by atoms with Gasteiger partial charge in [0.15, 0.2) is 11.9 Å². The van der Waals surface area contributed by atoms with Crippen molar-refractivity contribution in [3.8, 4) is 22.5 Å². The van der Waals surface area contributed by atoms with E-state index in [1.807, 2.05) is 62.1 Å². The van der Waals surface area contributed by atoms with Gasteiger partial charge in [0, 0.05) is 18.4 Å². The molecular weight excluding hydrogens is 510 g/mol. The van der Waals surface area contributed by atoms with Crippen molar-refractivity contribution in [1.82, 2.24) is 34.2 Å². The largest absolute Gasteiger partial charge is 0.442 e. The number of hydrogen-bond acceptors (Lipinski definition) is 8. The quantitative estimate of drug-likeness (QED) is 0.337. The number of aromatic nitrogens is 7. The van der Waals surface area contributed by atoms with Crippen molar-refractivity contribution in [2.45, 2.75) is 72.1 Å². The monoisotopic (exact) mass is 545 g/mol. The minimum Gasteiger partial charge on any atom is -0.442 e. The van der Waals surface area contributed by atoms with Crippen LogP contribution in [-0.4, -0.2) is 65.7 Å². The highest BCUT2D eigenvalue weighted by Crippen LogP contribution is 2.35. The van der Waals surface area contributed by atoms with Crippen LogP contribution in [-0.2, 0) is 14.2 Å². The summed E-state index contributed by atoms with van der Waals surface area (Å²) in [5.74, 6) is 0. The number of aryl methyl sites for hydroxylation is 1. The predicted octanol–water partition coefficient (Wildman–Crippen LogP) is 5.36. The number of carbonyl (C=O) groups excluding carboxylic acids is 1. The van der Waals surface area contributed by atoms with E-state index in [-0.39, 0.29) is 6.23 Å². The molecular formula is C29H35N7O4. The summed E-state index contributed by atoms with van der Waals surface area (Å²) in [6.07, 6.45) is 8.89. The van der Waals surface area contributed by atoms with E-state index in [0.717, 1.165) is 66.1 Å². The van der Waals surface area contributed by atoms with Crippen molar-refractivity contribution in [3.63, 3.8) is 0 Å². The molecule has 0 aromatic carbocycles. The van der Waals surface area contributed by atoms with Crippen LogP contribution in [0.15, 0.2) is 30.6 Å². The van der Waals surface area contributed by atoms with E-state index in [2.05, 4.69) is 16.3 Å². The molecule has 2 aliphatic rings. The lowest BCUT2D eigenvalue weighted by atomic mass is 10.0. The van der Waals surface area contributed by atoms with Crippen LogP contribution in [0.2, 0.25) is 0 Å². The lowest BCUT2D eigenvalue weighted by Gasteiger charge is -2.24. The van der Waals surface area contributed by atoms with Crippen molar-refractivity contribution in [3.05, 3.63) is 47.7 Å². The summed E-state index contributed by atoms with van der Waals surface area (Å²) in [5.41, 5.74) is 6.74. The predicted molar refractivity (Wildman–Crippen MR) is 149 cm³/mol. The van der Waals surface area contributed by atoms with Crippen LogP contribution in [0.4, 0.5) is 4.79 Å². The molecule has 0 saturated carbocycles. The lowest BCUT2D eigenvalue weighted by Crippen LogP contribution is -2.28. The molecule has 0 N–H and O–H groups in total. The molecule has 0 radical (unpaired) electrons. The Hall–Kier alpha value is -3.83. The van der Waals surface area contributed by atoms with Crippen molar-refractivity contribution in [1.29, 1.82) is 0 Å². The lowest BCUT2D eigenvalue weighted by molar-refractivity contribution is -0.0383. The zero-order valence-electron chi connectivity index (χ0n) is 23.7. The first-order valence-electron chi connectivity index (χ1n) is 13.8. The van der Waals surface area contributed by atoms with Gasteiger partial charge in [0.2, 0.25) is 0 Å². The summed E-state index contributed by atoms with van der Waals surface area (Å²) >= 11 is 0. The first-order chi connectivity index (χ1) is 19.2. The number of carbonyl (C=O) groups is 1. The van der Waals surface area contributed by atoms with E-state index >= 15 is 0 Å². The topological polar surface area (TPSA) is 111 Å². The van der Waals surface area contributed by atoms with Gasteiger partial charge in [-0.2, -0.15) is 20.0 Å². The van der Waals surface area contributed by atoms with Gasteiger partial charge in [-0.05, 0) is 78.0 Å². The molecule has 0 aliphatic carbocycles. The molecule has 6 heterocycles. The molecule has 11 heteroatoms. The summed E-state index contributed by atoms with van der Waals surface area (Å²) in [5, 5.41) is 14.0. The molecule has 0 spiro atoms. The first-order valence-corrected chi connectivity index (χ1v) is 13.8. The van der Waals surface area contributed by atoms with E-state index in [4.69, 9.17) is 24.3 Å². The van der Waals surface area contributed by atoms with E-state index in [1.54, 1.807) is 6.20 Å². The average Bonchev–Trinajstić information content (AvgIpc) is 3.65. The van der Waals surface area contributed by atoms with E-state index in [9.17, 15) is 4.79 Å². The highest BCUT2D eigenvalue weighted by molar-refractivity contribution is 5.82. The fourth-order valence-corrected chi connectivity index (χ4v) is 5.42. The highest BCUT2D eigenvalue weighted by Gasteiger charge is 2.27. The van der Waals surface area contributed by atoms with Crippen molar-refractivity contribution in [2.75, 3.05) is 19.8 Å². The molecule has 2 aliphatic heterocycles. The number of nitrogens with zero attached hydrogens (tertiary/aromatic N) is 7. The number of rotatable bonds is 4. The Morgan fingerprint density at radius 3 is 2.70 bits per heavy atom. The molecule has 1 atom stereocenters. The van der Waals surface area contributed by atoms with Gasteiger partial charge in [-0.15, -0.1) is 0 Å². The fraction of sp³-hybridized carbons (Fsp3) is 0.483. The maximum atomic E-state index is 13.0. The third kappa shape index (κ3) is 4.84. The third-order valence-corrected chi connectivity index (χ3v) is 7.25. The van der Waals surface area contributed by atoms with Gasteiger partial charge in [-0.3, -0.25) is 0 Å². The molecule has 6 rings (SSSR count). The third-order valence-electron chi connectivity index (χ3n) is 7.25. The van der Waals surface area contributed by atoms with Gasteiger partial charge < -0.3 is 14.2 Å². The van der Waals surface area contributed by atoms with E-state index in [0.29, 0.717) is 30.2 Å². The SMILES string of the molecule is Cc1nn(C(=O)OC(C)(C)C)c(C)c1-c1cc(C2=CCOCC2)nc2c(-c3ccnn3C3CCCCO3)cnn12. The van der Waals surface area contributed by atoms with Gasteiger partial charge in [-0.25, -0.2) is 19.0 Å². The molecule has 1 saturated heterocycles. The summed E-state index contributed by atoms with van der Waals surface area (Å²) < 4.78 is 22.3.